The van der Waals surface area contributed by atoms with E-state index in [2.05, 4.69) is 10.1 Å². The Balaban J connectivity index is 1.58. The Morgan fingerprint density at radius 1 is 1.16 bits per heavy atom. The minimum atomic E-state index is -3.08. The molecule has 2 fully saturated rings. The number of amides is 1. The molecule has 25 heavy (non-hydrogen) atoms. The Morgan fingerprint density at radius 3 is 2.56 bits per heavy atom. The predicted molar refractivity (Wildman–Crippen MR) is 89.6 cm³/mol. The van der Waals surface area contributed by atoms with Gasteiger partial charge in [-0.25, -0.2) is 8.42 Å². The summed E-state index contributed by atoms with van der Waals surface area (Å²) in [4.78, 5) is 18.8. The van der Waals surface area contributed by atoms with E-state index in [1.165, 1.54) is 6.39 Å². The van der Waals surface area contributed by atoms with Crippen LogP contribution in [0.1, 0.15) is 29.6 Å². The summed E-state index contributed by atoms with van der Waals surface area (Å²) in [5.41, 5.74) is 1.12. The van der Waals surface area contributed by atoms with E-state index in [0.717, 1.165) is 5.56 Å². The molecule has 0 bridgehead atoms. The molecule has 1 aromatic heterocycles. The first-order valence-corrected chi connectivity index (χ1v) is 10.2. The maximum Gasteiger partial charge on any atom is 0.226 e. The molecule has 1 aromatic carbocycles. The first-order valence-electron chi connectivity index (χ1n) is 8.34. The average molecular weight is 361 g/mol. The van der Waals surface area contributed by atoms with Crippen molar-refractivity contribution in [3.8, 4) is 0 Å². The van der Waals surface area contributed by atoms with E-state index in [9.17, 15) is 13.2 Å². The minimum absolute atomic E-state index is 0.0365. The van der Waals surface area contributed by atoms with Crippen LogP contribution in [0.25, 0.3) is 0 Å². The Bertz CT molecular complexity index is 851. The molecule has 0 spiro atoms. The van der Waals surface area contributed by atoms with Crippen molar-refractivity contribution in [3.63, 3.8) is 0 Å². The summed E-state index contributed by atoms with van der Waals surface area (Å²) in [6, 6.07) is 9.96. The van der Waals surface area contributed by atoms with Gasteiger partial charge in [-0.3, -0.25) is 4.79 Å². The van der Waals surface area contributed by atoms with Crippen molar-refractivity contribution < 1.29 is 17.7 Å². The SMILES string of the molecule is O=C([C@@H]1CCS(=O)(=O)C1)N1C[C@H](c2ncon2)[C@H](c2ccccc2)C1. The van der Waals surface area contributed by atoms with E-state index in [4.69, 9.17) is 4.52 Å². The lowest BCUT2D eigenvalue weighted by Crippen LogP contribution is -2.35. The molecule has 3 atom stereocenters. The quantitative estimate of drug-likeness (QED) is 0.816. The van der Waals surface area contributed by atoms with Crippen molar-refractivity contribution in [1.29, 1.82) is 0 Å². The van der Waals surface area contributed by atoms with E-state index in [1.54, 1.807) is 4.90 Å². The van der Waals surface area contributed by atoms with Crippen molar-refractivity contribution in [3.05, 3.63) is 48.1 Å². The average Bonchev–Trinajstić information content (AvgIpc) is 3.33. The summed E-state index contributed by atoms with van der Waals surface area (Å²) in [6.07, 6.45) is 1.71. The van der Waals surface area contributed by atoms with Crippen LogP contribution < -0.4 is 0 Å². The van der Waals surface area contributed by atoms with Gasteiger partial charge in [-0.15, -0.1) is 0 Å². The fourth-order valence-electron chi connectivity index (χ4n) is 3.87. The number of sulfone groups is 1. The topological polar surface area (TPSA) is 93.4 Å². The summed E-state index contributed by atoms with van der Waals surface area (Å²) < 4.78 is 28.3. The van der Waals surface area contributed by atoms with Crippen LogP contribution in [0.3, 0.4) is 0 Å². The zero-order valence-electron chi connectivity index (χ0n) is 13.6. The fourth-order valence-corrected chi connectivity index (χ4v) is 5.61. The van der Waals surface area contributed by atoms with Gasteiger partial charge in [0.15, 0.2) is 15.7 Å². The maximum atomic E-state index is 12.8. The van der Waals surface area contributed by atoms with E-state index in [-0.39, 0.29) is 29.2 Å². The summed E-state index contributed by atoms with van der Waals surface area (Å²) in [5.74, 6) is 0.171. The molecule has 2 saturated heterocycles. The number of nitrogens with zero attached hydrogens (tertiary/aromatic N) is 3. The summed E-state index contributed by atoms with van der Waals surface area (Å²) in [6.45, 7) is 1.02. The van der Waals surface area contributed by atoms with Crippen LogP contribution in [-0.2, 0) is 14.6 Å². The van der Waals surface area contributed by atoms with Crippen LogP contribution in [0.5, 0.6) is 0 Å². The highest BCUT2D eigenvalue weighted by atomic mass is 32.2. The van der Waals surface area contributed by atoms with E-state index in [0.29, 0.717) is 25.3 Å². The van der Waals surface area contributed by atoms with E-state index >= 15 is 0 Å². The van der Waals surface area contributed by atoms with Gasteiger partial charge in [0, 0.05) is 24.9 Å². The van der Waals surface area contributed by atoms with Crippen molar-refractivity contribution in [2.45, 2.75) is 18.3 Å². The third kappa shape index (κ3) is 3.18. The van der Waals surface area contributed by atoms with Gasteiger partial charge in [-0.1, -0.05) is 35.5 Å². The molecule has 132 valence electrons. The number of hydrogen-bond acceptors (Lipinski definition) is 6. The highest BCUT2D eigenvalue weighted by molar-refractivity contribution is 7.91. The first kappa shape index (κ1) is 16.3. The number of hydrogen-bond donors (Lipinski definition) is 0. The van der Waals surface area contributed by atoms with E-state index < -0.39 is 15.8 Å². The molecule has 0 radical (unpaired) electrons. The Hall–Kier alpha value is -2.22. The second kappa shape index (κ2) is 6.25. The van der Waals surface area contributed by atoms with Crippen LogP contribution in [0, 0.1) is 5.92 Å². The summed E-state index contributed by atoms with van der Waals surface area (Å²) >= 11 is 0. The molecule has 0 unspecified atom stereocenters. The minimum Gasteiger partial charge on any atom is -0.343 e. The molecular weight excluding hydrogens is 342 g/mol. The second-order valence-corrected chi connectivity index (χ2v) is 8.98. The third-order valence-electron chi connectivity index (χ3n) is 5.15. The van der Waals surface area contributed by atoms with Crippen LogP contribution >= 0.6 is 0 Å². The molecule has 2 aliphatic heterocycles. The van der Waals surface area contributed by atoms with Crippen LogP contribution in [0.2, 0.25) is 0 Å². The number of benzene rings is 1. The molecule has 7 nitrogen and oxygen atoms in total. The molecule has 3 heterocycles. The van der Waals surface area contributed by atoms with Gasteiger partial charge in [-0.2, -0.15) is 4.98 Å². The lowest BCUT2D eigenvalue weighted by atomic mass is 9.88. The number of rotatable bonds is 3. The zero-order chi connectivity index (χ0) is 17.4. The molecule has 0 N–H and O–H groups in total. The molecule has 0 saturated carbocycles. The largest absolute Gasteiger partial charge is 0.343 e. The van der Waals surface area contributed by atoms with E-state index in [1.807, 2.05) is 30.3 Å². The standard InChI is InChI=1S/C17H19N3O4S/c21-17(13-6-7-25(22,23)10-13)20-8-14(12-4-2-1-3-5-12)15(9-20)16-18-11-24-19-16/h1-5,11,13-15H,6-10H2/t13-,14+,15+/m1/s1. The van der Waals surface area contributed by atoms with Crippen LogP contribution in [0.15, 0.2) is 41.2 Å². The van der Waals surface area contributed by atoms with Gasteiger partial charge in [0.1, 0.15) is 0 Å². The van der Waals surface area contributed by atoms with Gasteiger partial charge in [0.2, 0.25) is 12.3 Å². The zero-order valence-corrected chi connectivity index (χ0v) is 14.4. The molecule has 1 amide bonds. The second-order valence-electron chi connectivity index (χ2n) is 6.76. The Labute approximate surface area is 145 Å². The molecule has 2 aromatic rings. The maximum absolute atomic E-state index is 12.8. The number of carbonyl (C=O) groups excluding carboxylic acids is 1. The molecule has 0 aliphatic carbocycles. The highest BCUT2D eigenvalue weighted by Gasteiger charge is 2.43. The third-order valence-corrected chi connectivity index (χ3v) is 6.92. The Kier molecular flexibility index (Phi) is 4.07. The number of aromatic nitrogens is 2. The summed E-state index contributed by atoms with van der Waals surface area (Å²) in [7, 11) is -3.08. The fraction of sp³-hybridized carbons (Fsp3) is 0.471. The monoisotopic (exact) mass is 361 g/mol. The van der Waals surface area contributed by atoms with Crippen LogP contribution in [-0.4, -0.2) is 54.0 Å². The molecular formula is C17H19N3O4S. The summed E-state index contributed by atoms with van der Waals surface area (Å²) in [5, 5.41) is 3.97. The molecule has 4 rings (SSSR count). The van der Waals surface area contributed by atoms with Crippen molar-refractivity contribution in [2.75, 3.05) is 24.6 Å². The molecule has 2 aliphatic rings. The van der Waals surface area contributed by atoms with Gasteiger partial charge < -0.3 is 9.42 Å². The van der Waals surface area contributed by atoms with Gasteiger partial charge in [-0.05, 0) is 12.0 Å². The van der Waals surface area contributed by atoms with Crippen molar-refractivity contribution in [1.82, 2.24) is 15.0 Å². The van der Waals surface area contributed by atoms with Crippen molar-refractivity contribution in [2.24, 2.45) is 5.92 Å². The van der Waals surface area contributed by atoms with Gasteiger partial charge >= 0.3 is 0 Å². The van der Waals surface area contributed by atoms with Gasteiger partial charge in [0.25, 0.3) is 0 Å². The first-order chi connectivity index (χ1) is 12.0. The number of carbonyl (C=O) groups is 1. The Morgan fingerprint density at radius 2 is 1.92 bits per heavy atom. The smallest absolute Gasteiger partial charge is 0.226 e. The van der Waals surface area contributed by atoms with Crippen molar-refractivity contribution >= 4 is 15.7 Å². The van der Waals surface area contributed by atoms with Crippen LogP contribution in [0.4, 0.5) is 0 Å². The van der Waals surface area contributed by atoms with Gasteiger partial charge in [0.05, 0.1) is 17.4 Å². The molecule has 8 heteroatoms. The normalized spacial score (nSPS) is 28.3. The number of likely N-dealkylation sites (tertiary alicyclic amines) is 1. The lowest BCUT2D eigenvalue weighted by molar-refractivity contribution is -0.133. The highest BCUT2D eigenvalue weighted by Crippen LogP contribution is 2.39. The predicted octanol–water partition coefficient (Wildman–Crippen LogP) is 1.21. The lowest BCUT2D eigenvalue weighted by Gasteiger charge is -2.19.